The number of amides is 1. The SMILES string of the molecule is CCC1CCCCN1C(=O)c1cc(N(Cc2ccccc2)C(C)C)ccn1. The maximum Gasteiger partial charge on any atom is 0.272 e. The largest absolute Gasteiger partial charge is 0.365 e. The van der Waals surface area contributed by atoms with Gasteiger partial charge in [0.05, 0.1) is 0 Å². The van der Waals surface area contributed by atoms with Crippen LogP contribution in [0.3, 0.4) is 0 Å². The van der Waals surface area contributed by atoms with Crippen molar-refractivity contribution in [2.24, 2.45) is 0 Å². The number of pyridine rings is 1. The van der Waals surface area contributed by atoms with Gasteiger partial charge >= 0.3 is 0 Å². The Morgan fingerprint density at radius 3 is 2.70 bits per heavy atom. The molecule has 1 aliphatic rings. The van der Waals surface area contributed by atoms with Gasteiger partial charge in [0.25, 0.3) is 5.91 Å². The van der Waals surface area contributed by atoms with Gasteiger partial charge in [-0.15, -0.1) is 0 Å². The van der Waals surface area contributed by atoms with Gasteiger partial charge in [-0.05, 0) is 57.2 Å². The van der Waals surface area contributed by atoms with Crippen molar-refractivity contribution in [2.45, 2.75) is 65.1 Å². The van der Waals surface area contributed by atoms with Crippen LogP contribution in [-0.4, -0.2) is 34.4 Å². The molecule has 0 spiro atoms. The molecule has 2 aromatic rings. The second kappa shape index (κ2) is 9.03. The van der Waals surface area contributed by atoms with E-state index in [0.29, 0.717) is 17.8 Å². The molecular weight excluding hydrogens is 334 g/mol. The number of carbonyl (C=O) groups is 1. The highest BCUT2D eigenvalue weighted by Crippen LogP contribution is 2.24. The van der Waals surface area contributed by atoms with Gasteiger partial charge in [0.15, 0.2) is 0 Å². The fraction of sp³-hybridized carbons (Fsp3) is 0.478. The lowest BCUT2D eigenvalue weighted by atomic mass is 9.99. The lowest BCUT2D eigenvalue weighted by molar-refractivity contribution is 0.0602. The summed E-state index contributed by atoms with van der Waals surface area (Å²) < 4.78 is 0. The first-order chi connectivity index (χ1) is 13.1. The molecule has 0 saturated carbocycles. The molecular formula is C23H31N3O. The second-order valence-corrected chi connectivity index (χ2v) is 7.66. The van der Waals surface area contributed by atoms with Crippen LogP contribution >= 0.6 is 0 Å². The van der Waals surface area contributed by atoms with Gasteiger partial charge < -0.3 is 9.80 Å². The summed E-state index contributed by atoms with van der Waals surface area (Å²) in [6.45, 7) is 8.20. The van der Waals surface area contributed by atoms with Crippen LogP contribution in [-0.2, 0) is 6.54 Å². The van der Waals surface area contributed by atoms with Gasteiger partial charge in [-0.1, -0.05) is 37.3 Å². The minimum atomic E-state index is 0.0758. The third-order valence-electron chi connectivity index (χ3n) is 5.47. The molecule has 1 saturated heterocycles. The van der Waals surface area contributed by atoms with Gasteiger partial charge in [-0.25, -0.2) is 0 Å². The summed E-state index contributed by atoms with van der Waals surface area (Å²) in [5, 5.41) is 0. The highest BCUT2D eigenvalue weighted by Gasteiger charge is 2.27. The topological polar surface area (TPSA) is 36.4 Å². The fourth-order valence-corrected chi connectivity index (χ4v) is 3.91. The molecule has 144 valence electrons. The molecule has 1 unspecified atom stereocenters. The molecule has 1 fully saturated rings. The van der Waals surface area contributed by atoms with Crippen LogP contribution in [0.25, 0.3) is 0 Å². The monoisotopic (exact) mass is 365 g/mol. The molecule has 1 aromatic carbocycles. The lowest BCUT2D eigenvalue weighted by Gasteiger charge is -2.35. The van der Waals surface area contributed by atoms with Gasteiger partial charge in [0.1, 0.15) is 5.69 Å². The molecule has 1 aliphatic heterocycles. The Morgan fingerprint density at radius 2 is 2.00 bits per heavy atom. The van der Waals surface area contributed by atoms with E-state index in [9.17, 15) is 4.79 Å². The van der Waals surface area contributed by atoms with Crippen LogP contribution in [0.5, 0.6) is 0 Å². The Labute approximate surface area is 163 Å². The molecule has 4 heteroatoms. The Hall–Kier alpha value is -2.36. The van der Waals surface area contributed by atoms with E-state index in [-0.39, 0.29) is 5.91 Å². The second-order valence-electron chi connectivity index (χ2n) is 7.66. The molecule has 1 aromatic heterocycles. The number of aromatic nitrogens is 1. The van der Waals surface area contributed by atoms with Crippen molar-refractivity contribution >= 4 is 11.6 Å². The number of likely N-dealkylation sites (tertiary alicyclic amines) is 1. The molecule has 0 bridgehead atoms. The maximum absolute atomic E-state index is 13.1. The number of benzene rings is 1. The zero-order chi connectivity index (χ0) is 19.2. The number of carbonyl (C=O) groups excluding carboxylic acids is 1. The fourth-order valence-electron chi connectivity index (χ4n) is 3.91. The van der Waals surface area contributed by atoms with Crippen LogP contribution in [0.4, 0.5) is 5.69 Å². The number of nitrogens with zero attached hydrogens (tertiary/aromatic N) is 3. The van der Waals surface area contributed by atoms with Crippen molar-refractivity contribution < 1.29 is 4.79 Å². The van der Waals surface area contributed by atoms with Gasteiger partial charge in [-0.2, -0.15) is 0 Å². The van der Waals surface area contributed by atoms with E-state index in [0.717, 1.165) is 38.0 Å². The van der Waals surface area contributed by atoms with Crippen molar-refractivity contribution in [1.82, 2.24) is 9.88 Å². The number of piperidine rings is 1. The lowest BCUT2D eigenvalue weighted by Crippen LogP contribution is -2.43. The van der Waals surface area contributed by atoms with Gasteiger partial charge in [0.2, 0.25) is 0 Å². The molecule has 27 heavy (non-hydrogen) atoms. The van der Waals surface area contributed by atoms with E-state index in [1.54, 1.807) is 6.20 Å². The zero-order valence-corrected chi connectivity index (χ0v) is 16.8. The normalized spacial score (nSPS) is 17.2. The molecule has 1 atom stereocenters. The van der Waals surface area contributed by atoms with E-state index in [1.807, 2.05) is 23.1 Å². The number of hydrogen-bond acceptors (Lipinski definition) is 3. The Balaban J connectivity index is 1.83. The van der Waals surface area contributed by atoms with Crippen molar-refractivity contribution in [3.05, 3.63) is 59.9 Å². The number of hydrogen-bond donors (Lipinski definition) is 0. The predicted octanol–water partition coefficient (Wildman–Crippen LogP) is 4.90. The van der Waals surface area contributed by atoms with E-state index < -0.39 is 0 Å². The first kappa shape index (κ1) is 19.4. The molecule has 0 aliphatic carbocycles. The molecule has 4 nitrogen and oxygen atoms in total. The maximum atomic E-state index is 13.1. The Morgan fingerprint density at radius 1 is 1.22 bits per heavy atom. The van der Waals surface area contributed by atoms with Crippen molar-refractivity contribution in [3.63, 3.8) is 0 Å². The standard InChI is InChI=1S/C23H31N3O/c1-4-20-12-8-9-15-25(20)23(27)22-16-21(13-14-24-22)26(18(2)3)17-19-10-6-5-7-11-19/h5-7,10-11,13-14,16,18,20H,4,8-9,12,15,17H2,1-3H3. The first-order valence-electron chi connectivity index (χ1n) is 10.2. The van der Waals surface area contributed by atoms with Crippen LogP contribution in [0.1, 0.15) is 62.5 Å². The first-order valence-corrected chi connectivity index (χ1v) is 10.2. The zero-order valence-electron chi connectivity index (χ0n) is 16.8. The summed E-state index contributed by atoms with van der Waals surface area (Å²) in [7, 11) is 0. The summed E-state index contributed by atoms with van der Waals surface area (Å²) in [6.07, 6.45) is 6.20. The van der Waals surface area contributed by atoms with E-state index >= 15 is 0 Å². The summed E-state index contributed by atoms with van der Waals surface area (Å²) in [6, 6.07) is 15.1. The molecule has 0 radical (unpaired) electrons. The summed E-state index contributed by atoms with van der Waals surface area (Å²) in [5.74, 6) is 0.0758. The van der Waals surface area contributed by atoms with Crippen molar-refractivity contribution in [1.29, 1.82) is 0 Å². The average Bonchev–Trinajstić information content (AvgIpc) is 2.72. The summed E-state index contributed by atoms with van der Waals surface area (Å²) in [5.41, 5.74) is 2.88. The van der Waals surface area contributed by atoms with Gasteiger partial charge in [-0.3, -0.25) is 9.78 Å². The van der Waals surface area contributed by atoms with E-state index in [1.165, 1.54) is 12.0 Å². The highest BCUT2D eigenvalue weighted by atomic mass is 16.2. The average molecular weight is 366 g/mol. The third kappa shape index (κ3) is 4.68. The van der Waals surface area contributed by atoms with Crippen molar-refractivity contribution in [3.8, 4) is 0 Å². The smallest absolute Gasteiger partial charge is 0.272 e. The van der Waals surface area contributed by atoms with E-state index in [4.69, 9.17) is 0 Å². The van der Waals surface area contributed by atoms with Crippen LogP contribution in [0.2, 0.25) is 0 Å². The molecule has 3 rings (SSSR count). The van der Waals surface area contributed by atoms with Crippen LogP contribution in [0, 0.1) is 0 Å². The molecule has 0 N–H and O–H groups in total. The van der Waals surface area contributed by atoms with Crippen LogP contribution in [0.15, 0.2) is 48.7 Å². The Kier molecular flexibility index (Phi) is 6.49. The Bertz CT molecular complexity index is 744. The quantitative estimate of drug-likeness (QED) is 0.730. The van der Waals surface area contributed by atoms with Crippen molar-refractivity contribution in [2.75, 3.05) is 11.4 Å². The number of anilines is 1. The minimum Gasteiger partial charge on any atom is -0.365 e. The molecule has 2 heterocycles. The molecule has 1 amide bonds. The third-order valence-corrected chi connectivity index (χ3v) is 5.47. The highest BCUT2D eigenvalue weighted by molar-refractivity contribution is 5.93. The summed E-state index contributed by atoms with van der Waals surface area (Å²) in [4.78, 5) is 21.9. The van der Waals surface area contributed by atoms with E-state index in [2.05, 4.69) is 54.9 Å². The predicted molar refractivity (Wildman–Crippen MR) is 111 cm³/mol. The summed E-state index contributed by atoms with van der Waals surface area (Å²) >= 11 is 0. The van der Waals surface area contributed by atoms with Gasteiger partial charge in [0, 0.05) is 37.1 Å². The number of rotatable bonds is 6. The minimum absolute atomic E-state index is 0.0758. The van der Waals surface area contributed by atoms with Crippen LogP contribution < -0.4 is 4.90 Å².